The van der Waals surface area contributed by atoms with Crippen LogP contribution in [0, 0.1) is 61.6 Å². The maximum absolute atomic E-state index is 3.76. The molecular formula is C24H39N3Y9-6. The van der Waals surface area contributed by atoms with E-state index in [1.807, 2.05) is 44.2 Å². The van der Waals surface area contributed by atoms with Gasteiger partial charge >= 0.3 is 0 Å². The molecule has 9 radical (unpaired) electrons. The zero-order chi connectivity index (χ0) is 15.3. The first-order chi connectivity index (χ1) is 10.2. The van der Waals surface area contributed by atoms with Gasteiger partial charge in [0.2, 0.25) is 0 Å². The first-order valence-electron chi connectivity index (χ1n) is 6.54. The van der Waals surface area contributed by atoms with Crippen molar-refractivity contribution in [1.82, 2.24) is 15.0 Å². The molecule has 1 aromatic carbocycles. The van der Waals surface area contributed by atoms with Crippen LogP contribution in [-0.4, -0.2) is 15.0 Å². The fourth-order valence-corrected chi connectivity index (χ4v) is 1.19. The Kier molecular flexibility index (Phi) is 198. The summed E-state index contributed by atoms with van der Waals surface area (Å²) < 4.78 is 0. The van der Waals surface area contributed by atoms with Gasteiger partial charge in [0.1, 0.15) is 0 Å². The van der Waals surface area contributed by atoms with E-state index in [2.05, 4.69) is 40.5 Å². The number of aromatic nitrogens is 3. The maximum Gasteiger partial charge on any atom is 0.0213 e. The monoisotopic (exact) mass is 1170 g/mol. The van der Waals surface area contributed by atoms with Crippen LogP contribution in [0.1, 0.15) is 39.0 Å². The van der Waals surface area contributed by atoms with Crippen molar-refractivity contribution in [3.8, 4) is 0 Å². The molecule has 3 rings (SSSR count). The molecule has 0 spiro atoms. The number of hydrogen-bond acceptors (Lipinski definition) is 3. The van der Waals surface area contributed by atoms with Crippen molar-refractivity contribution < 1.29 is 294 Å². The van der Waals surface area contributed by atoms with E-state index in [9.17, 15) is 0 Å². The zero-order valence-corrected chi connectivity index (χ0v) is 46.3. The van der Waals surface area contributed by atoms with Crippen molar-refractivity contribution >= 4 is 0 Å². The first kappa shape index (κ1) is 96.7. The first-order valence-corrected chi connectivity index (χ1v) is 6.54. The van der Waals surface area contributed by atoms with Crippen molar-refractivity contribution in [1.29, 1.82) is 0 Å². The summed E-state index contributed by atoms with van der Waals surface area (Å²) in [6.07, 6.45) is 10.3. The van der Waals surface area contributed by atoms with Gasteiger partial charge in [0.15, 0.2) is 0 Å². The SMILES string of the molecule is C.C.C.Cc1cc[c-]cc1.Cc1cc[c-]nc1.Cc1cn[c-]nc1.[CH3-].[CH3-].[CH3-].[Y].[Y].[Y].[Y].[Y].[Y].[Y].[Y].[Y]. The molecular weight excluding hydrogens is 1130 g/mol. The molecule has 0 unspecified atom stereocenters. The topological polar surface area (TPSA) is 38.7 Å². The van der Waals surface area contributed by atoms with Crippen molar-refractivity contribution in [2.24, 2.45) is 0 Å². The summed E-state index contributed by atoms with van der Waals surface area (Å²) in [5, 5.41) is 0. The summed E-state index contributed by atoms with van der Waals surface area (Å²) in [4.78, 5) is 11.1. The third-order valence-corrected chi connectivity index (χ3v) is 2.30. The second-order valence-corrected chi connectivity index (χ2v) is 4.40. The Hall–Kier alpha value is 7.39. The van der Waals surface area contributed by atoms with E-state index in [-0.39, 0.29) is 339 Å². The van der Waals surface area contributed by atoms with Gasteiger partial charge < -0.3 is 37.2 Å². The summed E-state index contributed by atoms with van der Waals surface area (Å²) >= 11 is 0. The molecule has 0 saturated carbocycles. The predicted octanol–water partition coefficient (Wildman–Crippen LogP) is 6.81. The molecule has 0 aliphatic rings. The van der Waals surface area contributed by atoms with Gasteiger partial charge in [0, 0.05) is 301 Å². The Bertz CT molecular complexity index is 522. The number of pyridine rings is 1. The molecule has 2 heterocycles. The molecule has 183 valence electrons. The number of nitrogens with zero attached hydrogens (tertiary/aromatic N) is 3. The van der Waals surface area contributed by atoms with Gasteiger partial charge in [0.25, 0.3) is 0 Å². The molecule has 0 aliphatic carbocycles. The van der Waals surface area contributed by atoms with Crippen LogP contribution in [0.4, 0.5) is 0 Å². The van der Waals surface area contributed by atoms with Gasteiger partial charge in [-0.3, -0.25) is 0 Å². The third-order valence-electron chi connectivity index (χ3n) is 2.30. The molecule has 0 bridgehead atoms. The molecule has 0 aliphatic heterocycles. The van der Waals surface area contributed by atoms with Gasteiger partial charge in [-0.1, -0.05) is 67.8 Å². The molecule has 36 heavy (non-hydrogen) atoms. The minimum Gasteiger partial charge on any atom is -0.394 e. The Morgan fingerprint density at radius 2 is 0.806 bits per heavy atom. The Morgan fingerprint density at radius 3 is 0.972 bits per heavy atom. The number of benzene rings is 1. The second kappa shape index (κ2) is 73.7. The van der Waals surface area contributed by atoms with E-state index in [1.165, 1.54) is 11.1 Å². The summed E-state index contributed by atoms with van der Waals surface area (Å²) in [6, 6.07) is 14.6. The Balaban J connectivity index is -0.0000000117. The van der Waals surface area contributed by atoms with Crippen molar-refractivity contribution in [3.05, 3.63) is 113 Å². The minimum absolute atomic E-state index is 0. The number of aryl methyl sites for hydroxylation is 3. The van der Waals surface area contributed by atoms with Crippen LogP contribution in [0.5, 0.6) is 0 Å². The molecule has 0 N–H and O–H groups in total. The molecule has 12 heteroatoms. The van der Waals surface area contributed by atoms with Crippen molar-refractivity contribution in [2.45, 2.75) is 43.1 Å². The molecule has 0 saturated heterocycles. The van der Waals surface area contributed by atoms with E-state index < -0.39 is 0 Å². The third kappa shape index (κ3) is 68.5. The fourth-order valence-electron chi connectivity index (χ4n) is 1.19. The van der Waals surface area contributed by atoms with Gasteiger partial charge in [-0.25, -0.2) is 0 Å². The normalized spacial score (nSPS) is 5.08. The quantitative estimate of drug-likeness (QED) is 0.233. The van der Waals surface area contributed by atoms with Gasteiger partial charge in [0.05, 0.1) is 0 Å². The van der Waals surface area contributed by atoms with Gasteiger partial charge in [-0.05, 0) is 0 Å². The summed E-state index contributed by atoms with van der Waals surface area (Å²) in [6.45, 7) is 6.00. The summed E-state index contributed by atoms with van der Waals surface area (Å²) in [5.74, 6) is 0. The predicted molar refractivity (Wildman–Crippen MR) is 123 cm³/mol. The molecule has 0 fully saturated rings. The largest absolute Gasteiger partial charge is 0.394 e. The zero-order valence-electron chi connectivity index (χ0n) is 20.7. The summed E-state index contributed by atoms with van der Waals surface area (Å²) in [5.41, 5.74) is 3.54. The van der Waals surface area contributed by atoms with E-state index in [0.717, 1.165) is 5.56 Å². The molecule has 3 nitrogen and oxygen atoms in total. The van der Waals surface area contributed by atoms with Crippen molar-refractivity contribution in [3.63, 3.8) is 0 Å². The van der Waals surface area contributed by atoms with E-state index >= 15 is 0 Å². The molecule has 0 atom stereocenters. The second-order valence-electron chi connectivity index (χ2n) is 4.40. The van der Waals surface area contributed by atoms with Crippen LogP contribution in [0.2, 0.25) is 0 Å². The maximum atomic E-state index is 3.76. The smallest absolute Gasteiger partial charge is 0.0213 e. The standard InChI is InChI=1S/C7H7.C6H6N.C5H5N2.3CH4.3CH3.9Y/c1-7-5-3-2-4-6-7;1-6-3-2-4-7-5-6;1-5-2-6-4-7-3-5;;;;;;;;;;;;;;;/h3-6H,1H3;2-3,5H,1H3;2-3H,1H3;3*1H4;3*1H3;;;;;;;;;/q3*-1;;;;3*-1;;;;;;;;;. The van der Waals surface area contributed by atoms with Crippen LogP contribution in [0.25, 0.3) is 0 Å². The van der Waals surface area contributed by atoms with Crippen LogP contribution in [0.3, 0.4) is 0 Å². The fraction of sp³-hybridized carbons (Fsp3) is 0.250. The average Bonchev–Trinajstić information content (AvgIpc) is 2.51. The van der Waals surface area contributed by atoms with Crippen molar-refractivity contribution in [2.75, 3.05) is 0 Å². The Morgan fingerprint density at radius 1 is 0.472 bits per heavy atom. The molecule has 2 aromatic heterocycles. The van der Waals surface area contributed by atoms with Crippen LogP contribution in [-0.2, 0) is 294 Å². The summed E-state index contributed by atoms with van der Waals surface area (Å²) in [7, 11) is 0. The van der Waals surface area contributed by atoms with E-state index in [0.29, 0.717) is 0 Å². The van der Waals surface area contributed by atoms with Gasteiger partial charge in [-0.15, -0.1) is 11.1 Å². The van der Waals surface area contributed by atoms with Gasteiger partial charge in [-0.2, -0.15) is 48.0 Å². The number of rotatable bonds is 0. The minimum atomic E-state index is 0. The molecule has 0 amide bonds. The number of hydrogen-bond donors (Lipinski definition) is 0. The average molecular weight is 1170 g/mol. The van der Waals surface area contributed by atoms with E-state index in [1.54, 1.807) is 24.7 Å². The van der Waals surface area contributed by atoms with Crippen LogP contribution >= 0.6 is 0 Å². The van der Waals surface area contributed by atoms with Crippen LogP contribution in [0.15, 0.2) is 55.0 Å². The van der Waals surface area contributed by atoms with Crippen LogP contribution < -0.4 is 0 Å². The van der Waals surface area contributed by atoms with E-state index in [4.69, 9.17) is 0 Å². The Labute approximate surface area is 453 Å². The molecule has 3 aromatic rings.